The van der Waals surface area contributed by atoms with Crippen LogP contribution in [-0.2, 0) is 11.2 Å². The average molecular weight is 337 g/mol. The van der Waals surface area contributed by atoms with Crippen LogP contribution in [0.1, 0.15) is 33.9 Å². The topological polar surface area (TPSA) is 61.4 Å². The molecule has 0 aliphatic carbocycles. The van der Waals surface area contributed by atoms with E-state index in [0.717, 1.165) is 11.3 Å². The summed E-state index contributed by atoms with van der Waals surface area (Å²) in [6, 6.07) is 15.7. The van der Waals surface area contributed by atoms with Crippen LogP contribution in [0.5, 0.6) is 0 Å². The highest BCUT2D eigenvalue weighted by Crippen LogP contribution is 2.23. The smallest absolute Gasteiger partial charge is 0.251 e. The number of amides is 2. The lowest BCUT2D eigenvalue weighted by atomic mass is 10.00. The summed E-state index contributed by atoms with van der Waals surface area (Å²) in [6.07, 6.45) is 1.14. The number of benzene rings is 2. The fraction of sp³-hybridized carbons (Fsp3) is 0.300. The van der Waals surface area contributed by atoms with Crippen LogP contribution in [0.3, 0.4) is 0 Å². The van der Waals surface area contributed by atoms with E-state index in [1.54, 1.807) is 6.07 Å². The van der Waals surface area contributed by atoms with E-state index in [-0.39, 0.29) is 17.9 Å². The predicted molar refractivity (Wildman–Crippen MR) is 98.6 cm³/mol. The van der Waals surface area contributed by atoms with E-state index < -0.39 is 0 Å². The summed E-state index contributed by atoms with van der Waals surface area (Å²) in [5, 5.41) is 5.86. The summed E-state index contributed by atoms with van der Waals surface area (Å²) < 4.78 is 0. The molecule has 0 spiro atoms. The molecule has 3 rings (SSSR count). The Balaban J connectivity index is 1.68. The molecule has 130 valence electrons. The third-order valence-electron chi connectivity index (χ3n) is 4.53. The van der Waals surface area contributed by atoms with Crippen molar-refractivity contribution < 1.29 is 9.59 Å². The molecule has 1 unspecified atom stereocenters. The van der Waals surface area contributed by atoms with Gasteiger partial charge < -0.3 is 15.5 Å². The second-order valence-electron chi connectivity index (χ2n) is 6.52. The Morgan fingerprint density at radius 2 is 1.92 bits per heavy atom. The van der Waals surface area contributed by atoms with E-state index in [2.05, 4.69) is 27.7 Å². The number of anilines is 1. The normalized spacial score (nSPS) is 14.6. The Morgan fingerprint density at radius 1 is 1.16 bits per heavy atom. The summed E-state index contributed by atoms with van der Waals surface area (Å²) in [4.78, 5) is 26.1. The molecule has 25 heavy (non-hydrogen) atoms. The Kier molecular flexibility index (Phi) is 5.14. The van der Waals surface area contributed by atoms with Crippen LogP contribution in [0.2, 0.25) is 0 Å². The van der Waals surface area contributed by atoms with Crippen molar-refractivity contribution in [2.24, 2.45) is 0 Å². The van der Waals surface area contributed by atoms with Crippen molar-refractivity contribution in [3.8, 4) is 0 Å². The number of hydrogen-bond acceptors (Lipinski definition) is 3. The van der Waals surface area contributed by atoms with Gasteiger partial charge in [-0.2, -0.15) is 0 Å². The van der Waals surface area contributed by atoms with Gasteiger partial charge in [-0.3, -0.25) is 9.59 Å². The van der Waals surface area contributed by atoms with Gasteiger partial charge in [-0.05, 0) is 49.8 Å². The number of likely N-dealkylation sites (N-methyl/N-ethyl adjacent to an activating group) is 1. The first-order valence-corrected chi connectivity index (χ1v) is 8.47. The third kappa shape index (κ3) is 4.06. The summed E-state index contributed by atoms with van der Waals surface area (Å²) in [5.74, 6) is -0.0659. The molecule has 1 aliphatic rings. The molecular weight excluding hydrogens is 314 g/mol. The van der Waals surface area contributed by atoms with Crippen molar-refractivity contribution in [3.05, 3.63) is 65.2 Å². The van der Waals surface area contributed by atoms with Crippen molar-refractivity contribution in [1.82, 2.24) is 10.2 Å². The number of carbonyl (C=O) groups excluding carboxylic acids is 2. The lowest BCUT2D eigenvalue weighted by Crippen LogP contribution is -2.34. The number of hydrogen-bond donors (Lipinski definition) is 2. The maximum atomic E-state index is 12.5. The number of fused-ring (bicyclic) bond motifs is 1. The minimum absolute atomic E-state index is 0.0291. The average Bonchev–Trinajstić information content (AvgIpc) is 2.62. The lowest BCUT2D eigenvalue weighted by Gasteiger charge is -2.25. The predicted octanol–water partition coefficient (Wildman–Crippen LogP) is 2.60. The molecule has 0 saturated heterocycles. The Hall–Kier alpha value is -2.66. The monoisotopic (exact) mass is 337 g/mol. The number of nitrogens with zero attached hydrogens (tertiary/aromatic N) is 1. The van der Waals surface area contributed by atoms with Crippen molar-refractivity contribution in [3.63, 3.8) is 0 Å². The van der Waals surface area contributed by atoms with E-state index in [4.69, 9.17) is 0 Å². The van der Waals surface area contributed by atoms with Crippen molar-refractivity contribution in [1.29, 1.82) is 0 Å². The number of nitrogens with one attached hydrogen (secondary N) is 2. The summed E-state index contributed by atoms with van der Waals surface area (Å²) in [7, 11) is 4.01. The van der Waals surface area contributed by atoms with Gasteiger partial charge in [0.15, 0.2) is 0 Å². The van der Waals surface area contributed by atoms with Gasteiger partial charge in [-0.15, -0.1) is 0 Å². The van der Waals surface area contributed by atoms with Crippen LogP contribution < -0.4 is 10.6 Å². The molecular formula is C20H23N3O2. The van der Waals surface area contributed by atoms with E-state index in [1.807, 2.05) is 44.4 Å². The first-order chi connectivity index (χ1) is 12.0. The first-order valence-electron chi connectivity index (χ1n) is 8.47. The molecule has 1 heterocycles. The highest BCUT2D eigenvalue weighted by Gasteiger charge is 2.18. The number of carbonyl (C=O) groups is 2. The van der Waals surface area contributed by atoms with Crippen LogP contribution in [0.4, 0.5) is 5.69 Å². The first kappa shape index (κ1) is 17.2. The maximum Gasteiger partial charge on any atom is 0.251 e. The fourth-order valence-electron chi connectivity index (χ4n) is 3.09. The third-order valence-corrected chi connectivity index (χ3v) is 4.53. The number of aryl methyl sites for hydroxylation is 1. The number of rotatable bonds is 5. The molecule has 2 amide bonds. The fourth-order valence-corrected chi connectivity index (χ4v) is 3.09. The molecule has 0 bridgehead atoms. The lowest BCUT2D eigenvalue weighted by molar-refractivity contribution is -0.116. The second-order valence-corrected chi connectivity index (χ2v) is 6.52. The molecule has 5 nitrogen and oxygen atoms in total. The zero-order valence-corrected chi connectivity index (χ0v) is 14.6. The Labute approximate surface area is 148 Å². The summed E-state index contributed by atoms with van der Waals surface area (Å²) >= 11 is 0. The largest absolute Gasteiger partial charge is 0.350 e. The van der Waals surface area contributed by atoms with Crippen LogP contribution in [-0.4, -0.2) is 37.4 Å². The van der Waals surface area contributed by atoms with Crippen molar-refractivity contribution >= 4 is 17.5 Å². The maximum absolute atomic E-state index is 12.5. The summed E-state index contributed by atoms with van der Waals surface area (Å²) in [6.45, 7) is 0.531. The highest BCUT2D eigenvalue weighted by atomic mass is 16.2. The Bertz CT molecular complexity index is 772. The van der Waals surface area contributed by atoms with Gasteiger partial charge in [0.05, 0.1) is 6.04 Å². The van der Waals surface area contributed by atoms with E-state index in [0.29, 0.717) is 24.9 Å². The van der Waals surface area contributed by atoms with Gasteiger partial charge in [0, 0.05) is 24.2 Å². The van der Waals surface area contributed by atoms with Crippen molar-refractivity contribution in [2.45, 2.75) is 18.9 Å². The molecule has 2 aromatic carbocycles. The SMILES string of the molecule is CN(C)C(CNC(=O)c1ccc2c(c1)CCC(=O)N2)c1ccccc1. The molecule has 0 saturated carbocycles. The van der Waals surface area contributed by atoms with Crippen LogP contribution >= 0.6 is 0 Å². The standard InChI is InChI=1S/C20H23N3O2/c1-23(2)18(14-6-4-3-5-7-14)13-21-20(25)16-8-10-17-15(12-16)9-11-19(24)22-17/h3-8,10,12,18H,9,11,13H2,1-2H3,(H,21,25)(H,22,24). The Morgan fingerprint density at radius 3 is 2.64 bits per heavy atom. The van der Waals surface area contributed by atoms with E-state index >= 15 is 0 Å². The quantitative estimate of drug-likeness (QED) is 0.882. The molecule has 0 aromatic heterocycles. The van der Waals surface area contributed by atoms with Gasteiger partial charge in [-0.1, -0.05) is 30.3 Å². The van der Waals surface area contributed by atoms with Crippen molar-refractivity contribution in [2.75, 3.05) is 26.0 Å². The summed E-state index contributed by atoms with van der Waals surface area (Å²) in [5.41, 5.74) is 3.61. The van der Waals surface area contributed by atoms with Gasteiger partial charge in [-0.25, -0.2) is 0 Å². The highest BCUT2D eigenvalue weighted by molar-refractivity contribution is 5.97. The zero-order chi connectivity index (χ0) is 17.8. The van der Waals surface area contributed by atoms with Gasteiger partial charge in [0.25, 0.3) is 5.91 Å². The van der Waals surface area contributed by atoms with Crippen LogP contribution in [0.25, 0.3) is 0 Å². The van der Waals surface area contributed by atoms with E-state index in [1.165, 1.54) is 5.56 Å². The molecule has 1 aliphatic heterocycles. The van der Waals surface area contributed by atoms with E-state index in [9.17, 15) is 9.59 Å². The molecule has 0 radical (unpaired) electrons. The molecule has 1 atom stereocenters. The van der Waals surface area contributed by atoms with Gasteiger partial charge in [0.1, 0.15) is 0 Å². The van der Waals surface area contributed by atoms with Crippen LogP contribution in [0.15, 0.2) is 48.5 Å². The minimum Gasteiger partial charge on any atom is -0.350 e. The zero-order valence-electron chi connectivity index (χ0n) is 14.6. The minimum atomic E-state index is -0.0949. The van der Waals surface area contributed by atoms with Gasteiger partial charge in [0.2, 0.25) is 5.91 Å². The molecule has 0 fully saturated rings. The van der Waals surface area contributed by atoms with Gasteiger partial charge >= 0.3 is 0 Å². The molecule has 2 N–H and O–H groups in total. The molecule has 2 aromatic rings. The van der Waals surface area contributed by atoms with Crippen LogP contribution in [0, 0.1) is 0 Å². The second kappa shape index (κ2) is 7.49. The molecule has 5 heteroatoms.